The minimum Gasteiger partial charge on any atom is -0.497 e. The van der Waals surface area contributed by atoms with Gasteiger partial charge in [0.05, 0.1) is 19.1 Å². The molecular formula is C19H21N3O4S. The van der Waals surface area contributed by atoms with E-state index < -0.39 is 5.91 Å². The largest absolute Gasteiger partial charge is 0.497 e. The van der Waals surface area contributed by atoms with Crippen molar-refractivity contribution in [3.8, 4) is 11.5 Å². The van der Waals surface area contributed by atoms with Crippen LogP contribution in [0.1, 0.15) is 11.1 Å². The average molecular weight is 387 g/mol. The highest BCUT2D eigenvalue weighted by molar-refractivity contribution is 7.99. The van der Waals surface area contributed by atoms with E-state index in [1.54, 1.807) is 31.4 Å². The SMILES string of the molecule is COc1ccc(CSCC(=O)N/N=C\c2ccc(OCC(N)=O)cc2)cc1. The molecule has 0 saturated carbocycles. The minimum absolute atomic E-state index is 0.169. The molecule has 0 aliphatic rings. The van der Waals surface area contributed by atoms with E-state index in [9.17, 15) is 9.59 Å². The highest BCUT2D eigenvalue weighted by atomic mass is 32.2. The van der Waals surface area contributed by atoms with Gasteiger partial charge in [0.25, 0.3) is 5.91 Å². The first-order valence-corrected chi connectivity index (χ1v) is 9.26. The summed E-state index contributed by atoms with van der Waals surface area (Å²) in [5.41, 5.74) is 9.41. The molecule has 8 heteroatoms. The number of carbonyl (C=O) groups is 2. The van der Waals surface area contributed by atoms with Crippen LogP contribution in [0.25, 0.3) is 0 Å². The molecule has 0 unspecified atom stereocenters. The molecular weight excluding hydrogens is 366 g/mol. The molecule has 0 fully saturated rings. The number of methoxy groups -OCH3 is 1. The van der Waals surface area contributed by atoms with Gasteiger partial charge in [0, 0.05) is 5.75 Å². The Hall–Kier alpha value is -3.00. The number of nitrogens with zero attached hydrogens (tertiary/aromatic N) is 1. The summed E-state index contributed by atoms with van der Waals surface area (Å²) in [6.07, 6.45) is 1.53. The van der Waals surface area contributed by atoms with Crippen molar-refractivity contribution >= 4 is 29.8 Å². The molecule has 2 rings (SSSR count). The number of amides is 2. The highest BCUT2D eigenvalue weighted by Crippen LogP contribution is 2.16. The van der Waals surface area contributed by atoms with Crippen molar-refractivity contribution in [1.82, 2.24) is 5.43 Å². The molecule has 0 aliphatic heterocycles. The van der Waals surface area contributed by atoms with E-state index in [2.05, 4.69) is 10.5 Å². The Morgan fingerprint density at radius 1 is 1.11 bits per heavy atom. The van der Waals surface area contributed by atoms with Crippen LogP contribution in [0.5, 0.6) is 11.5 Å². The van der Waals surface area contributed by atoms with Crippen molar-refractivity contribution in [3.63, 3.8) is 0 Å². The van der Waals surface area contributed by atoms with Gasteiger partial charge in [0.2, 0.25) is 5.91 Å². The van der Waals surface area contributed by atoms with Crippen LogP contribution in [-0.2, 0) is 15.3 Å². The van der Waals surface area contributed by atoms with Crippen molar-refractivity contribution in [2.24, 2.45) is 10.8 Å². The second kappa shape index (κ2) is 10.9. The van der Waals surface area contributed by atoms with E-state index in [4.69, 9.17) is 15.2 Å². The summed E-state index contributed by atoms with van der Waals surface area (Å²) in [7, 11) is 1.63. The fourth-order valence-electron chi connectivity index (χ4n) is 2.00. The lowest BCUT2D eigenvalue weighted by Gasteiger charge is -2.04. The van der Waals surface area contributed by atoms with Crippen LogP contribution in [0.2, 0.25) is 0 Å². The molecule has 2 aromatic rings. The van der Waals surface area contributed by atoms with Crippen LogP contribution in [0.3, 0.4) is 0 Å². The van der Waals surface area contributed by atoms with Gasteiger partial charge in [-0.1, -0.05) is 12.1 Å². The average Bonchev–Trinajstić information content (AvgIpc) is 2.68. The van der Waals surface area contributed by atoms with E-state index in [1.165, 1.54) is 18.0 Å². The number of thioether (sulfide) groups is 1. The summed E-state index contributed by atoms with van der Waals surface area (Å²) in [4.78, 5) is 22.5. The smallest absolute Gasteiger partial charge is 0.255 e. The molecule has 27 heavy (non-hydrogen) atoms. The Morgan fingerprint density at radius 2 is 1.78 bits per heavy atom. The van der Waals surface area contributed by atoms with Gasteiger partial charge in [-0.2, -0.15) is 5.10 Å². The molecule has 3 N–H and O–H groups in total. The summed E-state index contributed by atoms with van der Waals surface area (Å²) < 4.78 is 10.3. The van der Waals surface area contributed by atoms with Gasteiger partial charge in [-0.15, -0.1) is 11.8 Å². The monoisotopic (exact) mass is 387 g/mol. The van der Waals surface area contributed by atoms with Crippen molar-refractivity contribution in [1.29, 1.82) is 0 Å². The summed E-state index contributed by atoms with van der Waals surface area (Å²) in [5, 5.41) is 3.92. The zero-order valence-electron chi connectivity index (χ0n) is 14.9. The highest BCUT2D eigenvalue weighted by Gasteiger charge is 2.01. The van der Waals surface area contributed by atoms with E-state index >= 15 is 0 Å². The zero-order chi connectivity index (χ0) is 19.5. The Balaban J connectivity index is 1.68. The van der Waals surface area contributed by atoms with Crippen LogP contribution in [0, 0.1) is 0 Å². The number of hydrogen-bond acceptors (Lipinski definition) is 6. The maximum Gasteiger partial charge on any atom is 0.255 e. The van der Waals surface area contributed by atoms with Crippen molar-refractivity contribution in [2.75, 3.05) is 19.5 Å². The number of hydrazone groups is 1. The van der Waals surface area contributed by atoms with E-state index in [-0.39, 0.29) is 12.5 Å². The first kappa shape index (κ1) is 20.3. The molecule has 0 radical (unpaired) electrons. The van der Waals surface area contributed by atoms with E-state index in [1.807, 2.05) is 24.3 Å². The van der Waals surface area contributed by atoms with E-state index in [0.717, 1.165) is 22.6 Å². The standard InChI is InChI=1S/C19H21N3O4S/c1-25-16-6-4-15(5-7-16)12-27-13-19(24)22-21-10-14-2-8-17(9-3-14)26-11-18(20)23/h2-10H,11-13H2,1H3,(H2,20,23)(H,22,24)/b21-10-. The van der Waals surface area contributed by atoms with Crippen molar-refractivity contribution in [3.05, 3.63) is 59.7 Å². The summed E-state index contributed by atoms with van der Waals surface area (Å²) in [5.74, 6) is 1.67. The summed E-state index contributed by atoms with van der Waals surface area (Å²) >= 11 is 1.50. The molecule has 142 valence electrons. The first-order valence-electron chi connectivity index (χ1n) is 8.10. The minimum atomic E-state index is -0.534. The molecule has 0 aliphatic carbocycles. The van der Waals surface area contributed by atoms with Gasteiger partial charge >= 0.3 is 0 Å². The number of ether oxygens (including phenoxy) is 2. The lowest BCUT2D eigenvalue weighted by molar-refractivity contribution is -0.120. The number of carbonyl (C=O) groups excluding carboxylic acids is 2. The predicted molar refractivity (Wildman–Crippen MR) is 106 cm³/mol. The normalized spacial score (nSPS) is 10.6. The number of nitrogens with two attached hydrogens (primary N) is 1. The quantitative estimate of drug-likeness (QED) is 0.479. The molecule has 0 atom stereocenters. The molecule has 7 nitrogen and oxygen atoms in total. The Kier molecular flexibility index (Phi) is 8.18. The number of hydrogen-bond donors (Lipinski definition) is 2. The molecule has 0 bridgehead atoms. The van der Waals surface area contributed by atoms with Gasteiger partial charge in [-0.25, -0.2) is 5.43 Å². The lowest BCUT2D eigenvalue weighted by atomic mass is 10.2. The third kappa shape index (κ3) is 7.83. The van der Waals surface area contributed by atoms with Gasteiger partial charge in [0.1, 0.15) is 11.5 Å². The number of rotatable bonds is 10. The van der Waals surface area contributed by atoms with Gasteiger partial charge < -0.3 is 15.2 Å². The van der Waals surface area contributed by atoms with Crippen LogP contribution in [-0.4, -0.2) is 37.5 Å². The second-order valence-electron chi connectivity index (χ2n) is 5.46. The third-order valence-corrected chi connectivity index (χ3v) is 4.33. The van der Waals surface area contributed by atoms with Gasteiger partial charge in [-0.05, 0) is 47.5 Å². The second-order valence-corrected chi connectivity index (χ2v) is 6.44. The first-order chi connectivity index (χ1) is 13.1. The predicted octanol–water partition coefficient (Wildman–Crippen LogP) is 1.94. The van der Waals surface area contributed by atoms with Gasteiger partial charge in [-0.3, -0.25) is 9.59 Å². The number of nitrogens with one attached hydrogen (secondary N) is 1. The van der Waals surface area contributed by atoms with Crippen molar-refractivity contribution < 1.29 is 19.1 Å². The van der Waals surface area contributed by atoms with Crippen LogP contribution >= 0.6 is 11.8 Å². The maximum atomic E-state index is 11.8. The summed E-state index contributed by atoms with van der Waals surface area (Å²) in [6.45, 7) is -0.169. The maximum absolute atomic E-state index is 11.8. The molecule has 2 amide bonds. The summed E-state index contributed by atoms with van der Waals surface area (Å²) in [6, 6.07) is 14.6. The fourth-order valence-corrected chi connectivity index (χ4v) is 2.78. The topological polar surface area (TPSA) is 103 Å². The number of benzene rings is 2. The van der Waals surface area contributed by atoms with E-state index in [0.29, 0.717) is 11.5 Å². The Labute approximate surface area is 161 Å². The molecule has 0 saturated heterocycles. The molecule has 0 heterocycles. The molecule has 0 aromatic heterocycles. The van der Waals surface area contributed by atoms with Crippen LogP contribution < -0.4 is 20.6 Å². The number of primary amides is 1. The fraction of sp³-hybridized carbons (Fsp3) is 0.211. The van der Waals surface area contributed by atoms with Crippen LogP contribution in [0.4, 0.5) is 0 Å². The van der Waals surface area contributed by atoms with Crippen LogP contribution in [0.15, 0.2) is 53.6 Å². The third-order valence-electron chi connectivity index (χ3n) is 3.33. The Bertz CT molecular complexity index is 777. The van der Waals surface area contributed by atoms with Crippen molar-refractivity contribution in [2.45, 2.75) is 5.75 Å². The Morgan fingerprint density at radius 3 is 2.41 bits per heavy atom. The molecule has 2 aromatic carbocycles. The molecule has 0 spiro atoms. The van der Waals surface area contributed by atoms with Gasteiger partial charge in [0.15, 0.2) is 6.61 Å². The zero-order valence-corrected chi connectivity index (χ0v) is 15.7. The lowest BCUT2D eigenvalue weighted by Crippen LogP contribution is -2.20.